The van der Waals surface area contributed by atoms with Gasteiger partial charge in [-0.2, -0.15) is 0 Å². The van der Waals surface area contributed by atoms with Crippen LogP contribution in [0.1, 0.15) is 19.4 Å². The molecule has 5 nitrogen and oxygen atoms in total. The molecule has 0 bridgehead atoms. The van der Waals surface area contributed by atoms with E-state index in [2.05, 4.69) is 37.2 Å². The standard InChI is InChI=1S/C13H15Br2NO4/c1-4-20-13(19)9(6(2)16-3)10-8(17)5-7(14)12(18)11(10)15/h5,16-18H,4H2,1-3H3/b9-6-. The van der Waals surface area contributed by atoms with E-state index in [0.29, 0.717) is 10.2 Å². The second-order valence-electron chi connectivity index (χ2n) is 3.89. The molecule has 3 N–H and O–H groups in total. The van der Waals surface area contributed by atoms with E-state index in [1.807, 2.05) is 0 Å². The van der Waals surface area contributed by atoms with Crippen LogP contribution in [-0.4, -0.2) is 29.8 Å². The fraction of sp³-hybridized carbons (Fsp3) is 0.308. The molecule has 0 fully saturated rings. The molecule has 0 radical (unpaired) electrons. The lowest BCUT2D eigenvalue weighted by atomic mass is 10.0. The highest BCUT2D eigenvalue weighted by atomic mass is 79.9. The van der Waals surface area contributed by atoms with E-state index in [0.717, 1.165) is 0 Å². The van der Waals surface area contributed by atoms with E-state index in [1.165, 1.54) is 6.07 Å². The summed E-state index contributed by atoms with van der Waals surface area (Å²) in [5, 5.41) is 22.9. The van der Waals surface area contributed by atoms with Crippen LogP contribution >= 0.6 is 31.9 Å². The van der Waals surface area contributed by atoms with Gasteiger partial charge in [0.2, 0.25) is 0 Å². The molecule has 0 unspecified atom stereocenters. The molecule has 0 amide bonds. The van der Waals surface area contributed by atoms with Crippen LogP contribution in [0.25, 0.3) is 5.57 Å². The number of carbonyl (C=O) groups excluding carboxylic acids is 1. The summed E-state index contributed by atoms with van der Waals surface area (Å²) >= 11 is 6.30. The molecular formula is C13H15Br2NO4. The zero-order chi connectivity index (χ0) is 15.4. The number of esters is 1. The van der Waals surface area contributed by atoms with Crippen LogP contribution in [-0.2, 0) is 9.53 Å². The number of benzene rings is 1. The number of aromatic hydroxyl groups is 2. The second kappa shape index (κ2) is 6.99. The largest absolute Gasteiger partial charge is 0.507 e. The molecule has 7 heteroatoms. The number of halogens is 2. The van der Waals surface area contributed by atoms with Gasteiger partial charge in [-0.15, -0.1) is 0 Å². The first-order valence-electron chi connectivity index (χ1n) is 5.81. The van der Waals surface area contributed by atoms with E-state index in [-0.39, 0.29) is 33.7 Å². The predicted octanol–water partition coefficient (Wildman–Crippen LogP) is 3.14. The van der Waals surface area contributed by atoms with Crippen molar-refractivity contribution in [2.75, 3.05) is 13.7 Å². The van der Waals surface area contributed by atoms with Crippen molar-refractivity contribution >= 4 is 43.4 Å². The van der Waals surface area contributed by atoms with Crippen molar-refractivity contribution in [3.05, 3.63) is 26.3 Å². The SMILES string of the molecule is CCOC(=O)/C(=C(/C)NC)c1c(O)cc(Br)c(O)c1Br. The van der Waals surface area contributed by atoms with Crippen LogP contribution in [0.2, 0.25) is 0 Å². The van der Waals surface area contributed by atoms with E-state index < -0.39 is 5.97 Å². The summed E-state index contributed by atoms with van der Waals surface area (Å²) in [6, 6.07) is 1.32. The molecule has 1 aromatic rings. The highest BCUT2D eigenvalue weighted by molar-refractivity contribution is 9.11. The zero-order valence-corrected chi connectivity index (χ0v) is 14.4. The number of hydrogen-bond donors (Lipinski definition) is 3. The molecule has 1 aromatic carbocycles. The number of hydrogen-bond acceptors (Lipinski definition) is 5. The summed E-state index contributed by atoms with van der Waals surface area (Å²) < 4.78 is 5.53. The van der Waals surface area contributed by atoms with Crippen molar-refractivity contribution in [2.24, 2.45) is 0 Å². The van der Waals surface area contributed by atoms with Crippen molar-refractivity contribution in [3.8, 4) is 11.5 Å². The van der Waals surface area contributed by atoms with Gasteiger partial charge in [0.25, 0.3) is 0 Å². The Kier molecular flexibility index (Phi) is 5.88. The highest BCUT2D eigenvalue weighted by Gasteiger charge is 2.25. The van der Waals surface area contributed by atoms with Crippen molar-refractivity contribution < 1.29 is 19.7 Å². The van der Waals surface area contributed by atoms with Gasteiger partial charge in [-0.3, -0.25) is 0 Å². The number of phenolic OH excluding ortho intramolecular Hbond substituents is 2. The number of phenols is 2. The van der Waals surface area contributed by atoms with Crippen LogP contribution in [0.4, 0.5) is 0 Å². The molecule has 0 aromatic heterocycles. The lowest BCUT2D eigenvalue weighted by Crippen LogP contribution is -2.15. The van der Waals surface area contributed by atoms with Crippen LogP contribution in [0.15, 0.2) is 20.7 Å². The van der Waals surface area contributed by atoms with Gasteiger partial charge in [-0.05, 0) is 51.8 Å². The first-order valence-corrected chi connectivity index (χ1v) is 7.39. The number of ether oxygens (including phenoxy) is 1. The maximum atomic E-state index is 12.1. The Morgan fingerprint density at radius 3 is 2.50 bits per heavy atom. The molecule has 0 heterocycles. The first-order chi connectivity index (χ1) is 9.34. The predicted molar refractivity (Wildman–Crippen MR) is 83.5 cm³/mol. The lowest BCUT2D eigenvalue weighted by Gasteiger charge is -2.16. The summed E-state index contributed by atoms with van der Waals surface area (Å²) in [5.74, 6) is -0.847. The molecule has 0 saturated heterocycles. The third kappa shape index (κ3) is 3.27. The average Bonchev–Trinajstić information content (AvgIpc) is 2.40. The van der Waals surface area contributed by atoms with Crippen LogP contribution in [0, 0.1) is 0 Å². The Hall–Kier alpha value is -1.21. The fourth-order valence-electron chi connectivity index (χ4n) is 1.60. The Bertz CT molecular complexity index is 570. The Morgan fingerprint density at radius 1 is 1.40 bits per heavy atom. The Morgan fingerprint density at radius 2 is 2.00 bits per heavy atom. The van der Waals surface area contributed by atoms with Crippen LogP contribution in [0.3, 0.4) is 0 Å². The van der Waals surface area contributed by atoms with Gasteiger partial charge in [-0.1, -0.05) is 0 Å². The molecule has 0 atom stereocenters. The van der Waals surface area contributed by atoms with Gasteiger partial charge in [-0.25, -0.2) is 4.79 Å². The van der Waals surface area contributed by atoms with Gasteiger partial charge in [0.15, 0.2) is 0 Å². The minimum atomic E-state index is -0.586. The molecule has 20 heavy (non-hydrogen) atoms. The highest BCUT2D eigenvalue weighted by Crippen LogP contribution is 2.44. The van der Waals surface area contributed by atoms with Gasteiger partial charge >= 0.3 is 5.97 Å². The number of allylic oxidation sites excluding steroid dienone is 1. The molecular weight excluding hydrogens is 394 g/mol. The molecule has 0 aliphatic rings. The van der Waals surface area contributed by atoms with Crippen LogP contribution < -0.4 is 5.32 Å². The monoisotopic (exact) mass is 407 g/mol. The smallest absolute Gasteiger partial charge is 0.340 e. The van der Waals surface area contributed by atoms with Gasteiger partial charge in [0.05, 0.1) is 26.7 Å². The maximum absolute atomic E-state index is 12.1. The average molecular weight is 409 g/mol. The van der Waals surface area contributed by atoms with Crippen LogP contribution in [0.5, 0.6) is 11.5 Å². The van der Waals surface area contributed by atoms with E-state index >= 15 is 0 Å². The quantitative estimate of drug-likeness (QED) is 0.405. The zero-order valence-electron chi connectivity index (χ0n) is 11.3. The third-order valence-electron chi connectivity index (χ3n) is 2.65. The number of nitrogens with one attached hydrogen (secondary N) is 1. The van der Waals surface area contributed by atoms with E-state index in [4.69, 9.17) is 4.74 Å². The number of rotatable bonds is 4. The fourth-order valence-corrected chi connectivity index (χ4v) is 2.90. The van der Waals surface area contributed by atoms with Gasteiger partial charge in [0, 0.05) is 12.7 Å². The summed E-state index contributed by atoms with van der Waals surface area (Å²) in [6.07, 6.45) is 0. The van der Waals surface area contributed by atoms with Crippen molar-refractivity contribution in [1.82, 2.24) is 5.32 Å². The van der Waals surface area contributed by atoms with E-state index in [1.54, 1.807) is 20.9 Å². The summed E-state index contributed by atoms with van der Waals surface area (Å²) in [7, 11) is 1.65. The molecule has 0 aliphatic heterocycles. The van der Waals surface area contributed by atoms with Gasteiger partial charge in [0.1, 0.15) is 11.5 Å². The minimum absolute atomic E-state index is 0.108. The van der Waals surface area contributed by atoms with Gasteiger partial charge < -0.3 is 20.3 Å². The first kappa shape index (κ1) is 16.8. The topological polar surface area (TPSA) is 78.8 Å². The number of carbonyl (C=O) groups is 1. The Labute approximate surface area is 133 Å². The summed E-state index contributed by atoms with van der Waals surface area (Å²) in [5.41, 5.74) is 0.846. The molecule has 0 saturated carbocycles. The van der Waals surface area contributed by atoms with Crippen molar-refractivity contribution in [3.63, 3.8) is 0 Å². The minimum Gasteiger partial charge on any atom is -0.507 e. The molecule has 110 valence electrons. The molecule has 0 aliphatic carbocycles. The third-order valence-corrected chi connectivity index (χ3v) is 4.03. The Balaban J connectivity index is 3.60. The summed E-state index contributed by atoms with van der Waals surface area (Å²) in [6.45, 7) is 3.58. The molecule has 1 rings (SSSR count). The van der Waals surface area contributed by atoms with Crippen molar-refractivity contribution in [1.29, 1.82) is 0 Å². The summed E-state index contributed by atoms with van der Waals surface area (Å²) in [4.78, 5) is 12.1. The lowest BCUT2D eigenvalue weighted by molar-refractivity contribution is -0.136. The maximum Gasteiger partial charge on any atom is 0.340 e. The second-order valence-corrected chi connectivity index (χ2v) is 5.53. The normalized spacial score (nSPS) is 11.8. The molecule has 0 spiro atoms. The van der Waals surface area contributed by atoms with E-state index in [9.17, 15) is 15.0 Å². The van der Waals surface area contributed by atoms with Crippen molar-refractivity contribution in [2.45, 2.75) is 13.8 Å².